The summed E-state index contributed by atoms with van der Waals surface area (Å²) >= 11 is 1.82. The number of aromatic nitrogens is 2. The molecule has 0 bridgehead atoms. The third kappa shape index (κ3) is 3.53. The molecule has 0 amide bonds. The van der Waals surface area contributed by atoms with Gasteiger partial charge in [0.05, 0.1) is 0 Å². The number of hydrogen-bond acceptors (Lipinski definition) is 4. The lowest BCUT2D eigenvalue weighted by Gasteiger charge is -2.26. The van der Waals surface area contributed by atoms with Crippen molar-refractivity contribution in [3.63, 3.8) is 0 Å². The van der Waals surface area contributed by atoms with Gasteiger partial charge in [0, 0.05) is 36.1 Å². The zero-order chi connectivity index (χ0) is 13.8. The van der Waals surface area contributed by atoms with Crippen molar-refractivity contribution in [2.75, 3.05) is 11.9 Å². The van der Waals surface area contributed by atoms with Gasteiger partial charge in [0.1, 0.15) is 11.6 Å². The molecule has 0 aliphatic rings. The van der Waals surface area contributed by atoms with Crippen molar-refractivity contribution in [2.45, 2.75) is 39.7 Å². The third-order valence-corrected chi connectivity index (χ3v) is 4.24. The van der Waals surface area contributed by atoms with E-state index < -0.39 is 0 Å². The Morgan fingerprint density at radius 2 is 2.16 bits per heavy atom. The highest BCUT2D eigenvalue weighted by molar-refractivity contribution is 7.09. The number of aryl methyl sites for hydroxylation is 2. The molecule has 2 heterocycles. The molecule has 4 heteroatoms. The van der Waals surface area contributed by atoms with Crippen molar-refractivity contribution in [3.8, 4) is 0 Å². The molecule has 0 aromatic carbocycles. The Morgan fingerprint density at radius 1 is 1.37 bits per heavy atom. The summed E-state index contributed by atoms with van der Waals surface area (Å²) in [4.78, 5) is 12.6. The molecule has 0 fully saturated rings. The van der Waals surface area contributed by atoms with Gasteiger partial charge in [0.2, 0.25) is 0 Å². The van der Waals surface area contributed by atoms with Gasteiger partial charge in [-0.05, 0) is 31.7 Å². The minimum Gasteiger partial charge on any atom is -0.356 e. The number of nitrogens with zero attached hydrogens (tertiary/aromatic N) is 3. The van der Waals surface area contributed by atoms with E-state index in [1.165, 1.54) is 4.88 Å². The van der Waals surface area contributed by atoms with Crippen LogP contribution in [0.15, 0.2) is 23.6 Å². The summed E-state index contributed by atoms with van der Waals surface area (Å²) in [6.07, 6.45) is 2.00. The fourth-order valence-corrected chi connectivity index (χ4v) is 2.88. The fraction of sp³-hybridized carbons (Fsp3) is 0.467. The second-order valence-electron chi connectivity index (χ2n) is 4.86. The predicted molar refractivity (Wildman–Crippen MR) is 82.0 cm³/mol. The SMILES string of the molecule is CCc1cc(N(C)C(C)Cc2cccs2)nc(C)n1. The van der Waals surface area contributed by atoms with Gasteiger partial charge in [0.15, 0.2) is 0 Å². The Labute approximate surface area is 119 Å². The summed E-state index contributed by atoms with van der Waals surface area (Å²) < 4.78 is 0. The first-order valence-corrected chi connectivity index (χ1v) is 7.58. The van der Waals surface area contributed by atoms with E-state index in [9.17, 15) is 0 Å². The number of hydrogen-bond donors (Lipinski definition) is 0. The van der Waals surface area contributed by atoms with E-state index in [1.807, 2.05) is 18.3 Å². The molecule has 2 rings (SSSR count). The maximum atomic E-state index is 4.55. The first-order valence-electron chi connectivity index (χ1n) is 6.70. The minimum absolute atomic E-state index is 0.428. The van der Waals surface area contributed by atoms with Gasteiger partial charge in [-0.3, -0.25) is 0 Å². The van der Waals surface area contributed by atoms with Crippen LogP contribution in [0.5, 0.6) is 0 Å². The molecule has 0 N–H and O–H groups in total. The van der Waals surface area contributed by atoms with E-state index in [2.05, 4.69) is 59.3 Å². The van der Waals surface area contributed by atoms with Crippen LogP contribution in [-0.4, -0.2) is 23.1 Å². The van der Waals surface area contributed by atoms with Crippen LogP contribution in [0, 0.1) is 6.92 Å². The van der Waals surface area contributed by atoms with Crippen molar-refractivity contribution in [1.29, 1.82) is 0 Å². The standard InChI is InChI=1S/C15H21N3S/c1-5-13-10-15(17-12(3)16-13)18(4)11(2)9-14-7-6-8-19-14/h6-8,10-11H,5,9H2,1-4H3. The molecule has 1 unspecified atom stereocenters. The molecule has 1 atom stereocenters. The number of thiophene rings is 1. The van der Waals surface area contributed by atoms with Crippen LogP contribution in [0.3, 0.4) is 0 Å². The lowest BCUT2D eigenvalue weighted by atomic mass is 10.2. The van der Waals surface area contributed by atoms with Gasteiger partial charge >= 0.3 is 0 Å². The summed E-state index contributed by atoms with van der Waals surface area (Å²) in [5.41, 5.74) is 1.11. The molecule has 0 radical (unpaired) electrons. The average Bonchev–Trinajstić information content (AvgIpc) is 2.89. The highest BCUT2D eigenvalue weighted by Gasteiger charge is 2.13. The van der Waals surface area contributed by atoms with Crippen LogP contribution >= 0.6 is 11.3 Å². The first kappa shape index (κ1) is 14.0. The smallest absolute Gasteiger partial charge is 0.132 e. The monoisotopic (exact) mass is 275 g/mol. The second kappa shape index (κ2) is 6.15. The topological polar surface area (TPSA) is 29.0 Å². The van der Waals surface area contributed by atoms with Crippen LogP contribution in [0.25, 0.3) is 0 Å². The van der Waals surface area contributed by atoms with E-state index in [1.54, 1.807) is 0 Å². The summed E-state index contributed by atoms with van der Waals surface area (Å²) in [6, 6.07) is 6.82. The molecular weight excluding hydrogens is 254 g/mol. The van der Waals surface area contributed by atoms with E-state index in [-0.39, 0.29) is 0 Å². The Morgan fingerprint density at radius 3 is 2.79 bits per heavy atom. The van der Waals surface area contributed by atoms with E-state index in [0.29, 0.717) is 6.04 Å². The number of anilines is 1. The maximum Gasteiger partial charge on any atom is 0.132 e. The van der Waals surface area contributed by atoms with E-state index in [0.717, 1.165) is 30.2 Å². The lowest BCUT2D eigenvalue weighted by molar-refractivity contribution is 0.676. The average molecular weight is 275 g/mol. The van der Waals surface area contributed by atoms with Gasteiger partial charge in [-0.2, -0.15) is 0 Å². The van der Waals surface area contributed by atoms with Crippen LogP contribution in [0.1, 0.15) is 30.2 Å². The van der Waals surface area contributed by atoms with Crippen molar-refractivity contribution in [1.82, 2.24) is 9.97 Å². The third-order valence-electron chi connectivity index (χ3n) is 3.34. The van der Waals surface area contributed by atoms with Crippen molar-refractivity contribution in [2.24, 2.45) is 0 Å². The number of likely N-dealkylation sites (N-methyl/N-ethyl adjacent to an activating group) is 1. The van der Waals surface area contributed by atoms with Crippen molar-refractivity contribution in [3.05, 3.63) is 40.0 Å². The van der Waals surface area contributed by atoms with Crippen molar-refractivity contribution < 1.29 is 0 Å². The van der Waals surface area contributed by atoms with Gasteiger partial charge < -0.3 is 4.90 Å². The van der Waals surface area contributed by atoms with Gasteiger partial charge in [0.25, 0.3) is 0 Å². The Bertz CT molecular complexity index is 522. The summed E-state index contributed by atoms with van der Waals surface area (Å²) in [6.45, 7) is 6.32. The quantitative estimate of drug-likeness (QED) is 0.836. The first-order chi connectivity index (χ1) is 9.10. The van der Waals surface area contributed by atoms with Gasteiger partial charge in [-0.25, -0.2) is 9.97 Å². The second-order valence-corrected chi connectivity index (χ2v) is 5.89. The summed E-state index contributed by atoms with van der Waals surface area (Å²) in [5.74, 6) is 1.87. The molecule has 2 aromatic heterocycles. The Balaban J connectivity index is 2.14. The molecular formula is C15H21N3S. The predicted octanol–water partition coefficient (Wildman–Crippen LogP) is 3.48. The van der Waals surface area contributed by atoms with Gasteiger partial charge in [-0.1, -0.05) is 13.0 Å². The van der Waals surface area contributed by atoms with Crippen LogP contribution < -0.4 is 4.90 Å². The lowest BCUT2D eigenvalue weighted by Crippen LogP contribution is -2.31. The molecule has 0 aliphatic heterocycles. The zero-order valence-electron chi connectivity index (χ0n) is 12.1. The zero-order valence-corrected chi connectivity index (χ0v) is 12.9. The summed E-state index contributed by atoms with van der Waals surface area (Å²) in [7, 11) is 2.11. The maximum absolute atomic E-state index is 4.55. The van der Waals surface area contributed by atoms with E-state index in [4.69, 9.17) is 0 Å². The summed E-state index contributed by atoms with van der Waals surface area (Å²) in [5, 5.41) is 2.13. The van der Waals surface area contributed by atoms with Crippen LogP contribution in [0.2, 0.25) is 0 Å². The van der Waals surface area contributed by atoms with Gasteiger partial charge in [-0.15, -0.1) is 11.3 Å². The molecule has 3 nitrogen and oxygen atoms in total. The minimum atomic E-state index is 0.428. The van der Waals surface area contributed by atoms with Crippen LogP contribution in [-0.2, 0) is 12.8 Å². The molecule has 102 valence electrons. The Kier molecular flexibility index (Phi) is 4.53. The molecule has 2 aromatic rings. The van der Waals surface area contributed by atoms with Crippen molar-refractivity contribution >= 4 is 17.2 Å². The fourth-order valence-electron chi connectivity index (χ4n) is 2.06. The molecule has 0 spiro atoms. The van der Waals surface area contributed by atoms with Crippen LogP contribution in [0.4, 0.5) is 5.82 Å². The molecule has 0 aliphatic carbocycles. The highest BCUT2D eigenvalue weighted by atomic mass is 32.1. The highest BCUT2D eigenvalue weighted by Crippen LogP contribution is 2.18. The number of rotatable bonds is 5. The Hall–Kier alpha value is -1.42. The normalized spacial score (nSPS) is 12.4. The van der Waals surface area contributed by atoms with E-state index >= 15 is 0 Å². The molecule has 0 saturated heterocycles. The largest absolute Gasteiger partial charge is 0.356 e. The molecule has 0 saturated carbocycles. The molecule has 19 heavy (non-hydrogen) atoms.